The molecule has 1 aliphatic carbocycles. The van der Waals surface area contributed by atoms with Crippen molar-refractivity contribution in [1.29, 1.82) is 0 Å². The molecular formula is C16H32N2. The highest BCUT2D eigenvalue weighted by molar-refractivity contribution is 4.92. The van der Waals surface area contributed by atoms with Crippen LogP contribution in [-0.2, 0) is 0 Å². The number of likely N-dealkylation sites (tertiary alicyclic amines) is 1. The number of nitrogens with zero attached hydrogens (tertiary/aromatic N) is 1. The minimum Gasteiger partial charge on any atom is -0.313 e. The Hall–Kier alpha value is -0.0800. The van der Waals surface area contributed by atoms with Crippen molar-refractivity contribution in [3.05, 3.63) is 0 Å². The zero-order chi connectivity index (χ0) is 13.0. The lowest BCUT2D eigenvalue weighted by atomic mass is 9.77. The van der Waals surface area contributed by atoms with Crippen LogP contribution in [0.1, 0.15) is 65.7 Å². The Morgan fingerprint density at radius 2 is 1.83 bits per heavy atom. The van der Waals surface area contributed by atoms with Crippen molar-refractivity contribution in [2.75, 3.05) is 13.1 Å². The third-order valence-electron chi connectivity index (χ3n) is 5.30. The van der Waals surface area contributed by atoms with Crippen molar-refractivity contribution in [3.63, 3.8) is 0 Å². The van der Waals surface area contributed by atoms with Gasteiger partial charge in [0.05, 0.1) is 0 Å². The summed E-state index contributed by atoms with van der Waals surface area (Å²) in [6, 6.07) is 2.28. The van der Waals surface area contributed by atoms with Gasteiger partial charge in [-0.25, -0.2) is 0 Å². The molecule has 0 bridgehead atoms. The lowest BCUT2D eigenvalue weighted by Gasteiger charge is -2.48. The second-order valence-electron chi connectivity index (χ2n) is 6.30. The van der Waals surface area contributed by atoms with Crippen LogP contribution in [0.15, 0.2) is 0 Å². The molecule has 0 aromatic rings. The first-order valence-corrected chi connectivity index (χ1v) is 8.27. The molecule has 1 saturated heterocycles. The summed E-state index contributed by atoms with van der Waals surface area (Å²) in [6.07, 6.45) is 10.1. The molecule has 0 spiro atoms. The van der Waals surface area contributed by atoms with Gasteiger partial charge in [0.1, 0.15) is 0 Å². The maximum absolute atomic E-state index is 3.68. The molecule has 0 aromatic heterocycles. The normalized spacial score (nSPS) is 32.8. The van der Waals surface area contributed by atoms with Crippen LogP contribution in [0.5, 0.6) is 0 Å². The average Bonchev–Trinajstić information content (AvgIpc) is 2.43. The minimum atomic E-state index is 0.677. The van der Waals surface area contributed by atoms with Gasteiger partial charge < -0.3 is 5.32 Å². The Balaban J connectivity index is 2.00. The topological polar surface area (TPSA) is 15.3 Å². The summed E-state index contributed by atoms with van der Waals surface area (Å²) in [5.41, 5.74) is 0. The quantitative estimate of drug-likeness (QED) is 0.806. The second kappa shape index (κ2) is 6.91. The molecule has 2 fully saturated rings. The molecule has 4 atom stereocenters. The van der Waals surface area contributed by atoms with E-state index in [1.807, 2.05) is 0 Å². The van der Waals surface area contributed by atoms with Crippen LogP contribution in [0.25, 0.3) is 0 Å². The van der Waals surface area contributed by atoms with Gasteiger partial charge >= 0.3 is 0 Å². The zero-order valence-electron chi connectivity index (χ0n) is 12.6. The molecule has 0 amide bonds. The maximum Gasteiger partial charge on any atom is 0.0224 e. The number of fused-ring (bicyclic) bond motifs is 1. The van der Waals surface area contributed by atoms with Crippen molar-refractivity contribution in [1.82, 2.24) is 10.2 Å². The van der Waals surface area contributed by atoms with Crippen LogP contribution >= 0.6 is 0 Å². The predicted octanol–water partition coefficient (Wildman–Crippen LogP) is 3.42. The molecule has 2 unspecified atom stereocenters. The van der Waals surface area contributed by atoms with Gasteiger partial charge in [-0.1, -0.05) is 26.7 Å². The first-order chi connectivity index (χ1) is 8.77. The van der Waals surface area contributed by atoms with E-state index in [9.17, 15) is 0 Å². The van der Waals surface area contributed by atoms with E-state index in [4.69, 9.17) is 0 Å². The summed E-state index contributed by atoms with van der Waals surface area (Å²) in [4.78, 5) is 2.85. The molecule has 106 valence electrons. The van der Waals surface area contributed by atoms with Crippen molar-refractivity contribution >= 4 is 0 Å². The van der Waals surface area contributed by atoms with Crippen LogP contribution in [0.3, 0.4) is 0 Å². The number of rotatable bonds is 5. The molecule has 2 aliphatic rings. The Morgan fingerprint density at radius 1 is 1.11 bits per heavy atom. The fraction of sp³-hybridized carbons (Fsp3) is 1.00. The predicted molar refractivity (Wildman–Crippen MR) is 78.9 cm³/mol. The zero-order valence-corrected chi connectivity index (χ0v) is 12.6. The van der Waals surface area contributed by atoms with Gasteiger partial charge in [-0.05, 0) is 58.0 Å². The molecule has 18 heavy (non-hydrogen) atoms. The summed E-state index contributed by atoms with van der Waals surface area (Å²) >= 11 is 0. The van der Waals surface area contributed by atoms with E-state index in [2.05, 4.69) is 31.0 Å². The standard InChI is InChI=1S/C16H32N2/c1-4-15(17-5-2)13(3)18-12-8-10-14-9-6-7-11-16(14)18/h13-17H,4-12H2,1-3H3/t13?,14-,15?,16-/m1/s1. The Labute approximate surface area is 114 Å². The van der Waals surface area contributed by atoms with Crippen molar-refractivity contribution in [2.24, 2.45) is 5.92 Å². The summed E-state index contributed by atoms with van der Waals surface area (Å²) in [7, 11) is 0. The lowest BCUT2D eigenvalue weighted by Crippen LogP contribution is -2.56. The van der Waals surface area contributed by atoms with Crippen LogP contribution in [0.2, 0.25) is 0 Å². The monoisotopic (exact) mass is 252 g/mol. The molecule has 1 heterocycles. The van der Waals surface area contributed by atoms with E-state index in [0.29, 0.717) is 12.1 Å². The second-order valence-corrected chi connectivity index (χ2v) is 6.30. The number of likely N-dealkylation sites (N-methyl/N-ethyl adjacent to an activating group) is 1. The summed E-state index contributed by atoms with van der Waals surface area (Å²) in [6.45, 7) is 9.45. The summed E-state index contributed by atoms with van der Waals surface area (Å²) < 4.78 is 0. The highest BCUT2D eigenvalue weighted by Crippen LogP contribution is 2.36. The molecule has 2 rings (SSSR count). The maximum atomic E-state index is 3.68. The molecule has 2 heteroatoms. The van der Waals surface area contributed by atoms with Gasteiger partial charge in [-0.3, -0.25) is 4.90 Å². The number of piperidine rings is 1. The molecule has 2 nitrogen and oxygen atoms in total. The van der Waals surface area contributed by atoms with Crippen molar-refractivity contribution in [3.8, 4) is 0 Å². The van der Waals surface area contributed by atoms with E-state index in [1.54, 1.807) is 0 Å². The van der Waals surface area contributed by atoms with E-state index >= 15 is 0 Å². The van der Waals surface area contributed by atoms with Crippen LogP contribution in [0.4, 0.5) is 0 Å². The van der Waals surface area contributed by atoms with Gasteiger partial charge in [0.25, 0.3) is 0 Å². The molecule has 1 aliphatic heterocycles. The summed E-state index contributed by atoms with van der Waals surface area (Å²) in [5.74, 6) is 1.01. The van der Waals surface area contributed by atoms with Gasteiger partial charge in [-0.15, -0.1) is 0 Å². The number of hydrogen-bond donors (Lipinski definition) is 1. The minimum absolute atomic E-state index is 0.677. The van der Waals surface area contributed by atoms with Crippen LogP contribution in [0, 0.1) is 5.92 Å². The van der Waals surface area contributed by atoms with Crippen LogP contribution in [-0.4, -0.2) is 36.1 Å². The molecule has 1 saturated carbocycles. The Morgan fingerprint density at radius 3 is 2.56 bits per heavy atom. The number of nitrogens with one attached hydrogen (secondary N) is 1. The van der Waals surface area contributed by atoms with E-state index in [0.717, 1.165) is 18.5 Å². The Kier molecular flexibility index (Phi) is 5.50. The third-order valence-corrected chi connectivity index (χ3v) is 5.30. The van der Waals surface area contributed by atoms with Gasteiger partial charge in [0.2, 0.25) is 0 Å². The highest BCUT2D eigenvalue weighted by atomic mass is 15.2. The SMILES string of the molecule is CCNC(CC)C(C)N1CCC[C@H]2CCCC[C@H]21. The fourth-order valence-electron chi connectivity index (χ4n) is 4.32. The third kappa shape index (κ3) is 3.08. The molecule has 0 radical (unpaired) electrons. The lowest BCUT2D eigenvalue weighted by molar-refractivity contribution is 0.0184. The number of hydrogen-bond acceptors (Lipinski definition) is 2. The van der Waals surface area contributed by atoms with Gasteiger partial charge in [0, 0.05) is 18.1 Å². The van der Waals surface area contributed by atoms with Gasteiger partial charge in [0.15, 0.2) is 0 Å². The fourth-order valence-corrected chi connectivity index (χ4v) is 4.32. The van der Waals surface area contributed by atoms with E-state index < -0.39 is 0 Å². The smallest absolute Gasteiger partial charge is 0.0224 e. The van der Waals surface area contributed by atoms with Gasteiger partial charge in [-0.2, -0.15) is 0 Å². The highest BCUT2D eigenvalue weighted by Gasteiger charge is 2.36. The average molecular weight is 252 g/mol. The molecule has 0 aromatic carbocycles. The van der Waals surface area contributed by atoms with Crippen LogP contribution < -0.4 is 5.32 Å². The van der Waals surface area contributed by atoms with Crippen molar-refractivity contribution < 1.29 is 0 Å². The summed E-state index contributed by atoms with van der Waals surface area (Å²) in [5, 5.41) is 3.68. The Bertz CT molecular complexity index is 239. The largest absolute Gasteiger partial charge is 0.313 e. The first kappa shape index (κ1) is 14.3. The van der Waals surface area contributed by atoms with E-state index in [1.165, 1.54) is 51.5 Å². The van der Waals surface area contributed by atoms with E-state index in [-0.39, 0.29) is 0 Å². The van der Waals surface area contributed by atoms with Crippen molar-refractivity contribution in [2.45, 2.75) is 83.8 Å². The first-order valence-electron chi connectivity index (χ1n) is 8.27. The molecule has 1 N–H and O–H groups in total. The molecular weight excluding hydrogens is 220 g/mol.